The Balaban J connectivity index is 1.57. The monoisotopic (exact) mass is 481 g/mol. The number of halogens is 1. The number of ether oxygens (including phenoxy) is 1. The van der Waals surface area contributed by atoms with Gasteiger partial charge in [-0.05, 0) is 34.5 Å². The first-order chi connectivity index (χ1) is 16.3. The lowest BCUT2D eigenvalue weighted by molar-refractivity contribution is -0.384. The number of rotatable bonds is 2. The second-order valence-electron chi connectivity index (χ2n) is 8.31. The van der Waals surface area contributed by atoms with Gasteiger partial charge >= 0.3 is 6.09 Å². The molecule has 2 aliphatic rings. The Morgan fingerprint density at radius 2 is 1.94 bits per heavy atom. The second kappa shape index (κ2) is 8.49. The molecule has 0 aliphatic carbocycles. The minimum Gasteiger partial charge on any atom is -0.493 e. The summed E-state index contributed by atoms with van der Waals surface area (Å²) >= 11 is 6.65. The second-order valence-corrected chi connectivity index (χ2v) is 8.72. The number of nitro groups is 1. The van der Waals surface area contributed by atoms with E-state index >= 15 is 0 Å². The molecule has 0 spiro atoms. The Morgan fingerprint density at radius 3 is 2.71 bits per heavy atom. The lowest BCUT2D eigenvalue weighted by Gasteiger charge is -2.41. The third-order valence-electron chi connectivity index (χ3n) is 6.39. The maximum Gasteiger partial charge on any atom is 0.407 e. The van der Waals surface area contributed by atoms with Crippen LogP contribution in [0.1, 0.15) is 16.8 Å². The number of piperazine rings is 1. The van der Waals surface area contributed by atoms with Crippen molar-refractivity contribution in [3.05, 3.63) is 69.2 Å². The molecule has 5 rings (SSSR count). The van der Waals surface area contributed by atoms with Crippen LogP contribution in [0.15, 0.2) is 48.5 Å². The molecule has 3 aromatic carbocycles. The quantitative estimate of drug-likeness (QED) is 0.421. The lowest BCUT2D eigenvalue weighted by atomic mass is 9.95. The van der Waals surface area contributed by atoms with Crippen molar-refractivity contribution < 1.29 is 24.4 Å². The van der Waals surface area contributed by atoms with Gasteiger partial charge in [0.2, 0.25) is 0 Å². The van der Waals surface area contributed by atoms with Gasteiger partial charge in [0.15, 0.2) is 0 Å². The number of benzene rings is 3. The minimum atomic E-state index is -1.00. The number of fused-ring (bicyclic) bond motifs is 3. The average Bonchev–Trinajstić information content (AvgIpc) is 2.82. The number of nitrogens with zero attached hydrogens (tertiary/aromatic N) is 3. The van der Waals surface area contributed by atoms with Crippen LogP contribution >= 0.6 is 11.6 Å². The van der Waals surface area contributed by atoms with E-state index in [1.54, 1.807) is 23.1 Å². The van der Waals surface area contributed by atoms with Crippen molar-refractivity contribution in [2.45, 2.75) is 12.5 Å². The summed E-state index contributed by atoms with van der Waals surface area (Å²) in [7, 11) is 0. The predicted molar refractivity (Wildman–Crippen MR) is 126 cm³/mol. The van der Waals surface area contributed by atoms with Gasteiger partial charge in [-0.3, -0.25) is 14.9 Å². The molecule has 9 nitrogen and oxygen atoms in total. The lowest BCUT2D eigenvalue weighted by Crippen LogP contribution is -2.57. The third-order valence-corrected chi connectivity index (χ3v) is 6.70. The number of hydrogen-bond donors (Lipinski definition) is 1. The van der Waals surface area contributed by atoms with Crippen molar-refractivity contribution in [3.8, 4) is 16.9 Å². The minimum absolute atomic E-state index is 0.0275. The van der Waals surface area contributed by atoms with E-state index in [0.29, 0.717) is 52.4 Å². The zero-order valence-corrected chi connectivity index (χ0v) is 18.7. The first-order valence-corrected chi connectivity index (χ1v) is 11.1. The van der Waals surface area contributed by atoms with E-state index in [1.165, 1.54) is 17.0 Å². The van der Waals surface area contributed by atoms with Gasteiger partial charge in [-0.25, -0.2) is 4.79 Å². The van der Waals surface area contributed by atoms with Crippen LogP contribution in [0.4, 0.5) is 10.5 Å². The first-order valence-electron chi connectivity index (χ1n) is 10.8. The fraction of sp³-hybridized carbons (Fsp3) is 0.250. The fourth-order valence-corrected chi connectivity index (χ4v) is 4.92. The molecule has 3 aromatic rings. The molecule has 1 saturated heterocycles. The van der Waals surface area contributed by atoms with Crippen molar-refractivity contribution in [3.63, 3.8) is 0 Å². The van der Waals surface area contributed by atoms with Gasteiger partial charge in [0.1, 0.15) is 5.75 Å². The molecule has 0 saturated carbocycles. The summed E-state index contributed by atoms with van der Waals surface area (Å²) in [5.41, 5.74) is 1.58. The van der Waals surface area contributed by atoms with Gasteiger partial charge in [-0.1, -0.05) is 29.8 Å². The molecule has 34 heavy (non-hydrogen) atoms. The van der Waals surface area contributed by atoms with Crippen LogP contribution in [-0.2, 0) is 0 Å². The van der Waals surface area contributed by atoms with E-state index in [0.717, 1.165) is 5.39 Å². The zero-order valence-electron chi connectivity index (χ0n) is 17.9. The Labute approximate surface area is 199 Å². The number of carbonyl (C=O) groups is 2. The van der Waals surface area contributed by atoms with Crippen LogP contribution in [0.5, 0.6) is 5.75 Å². The molecule has 10 heteroatoms. The highest BCUT2D eigenvalue weighted by molar-refractivity contribution is 6.34. The molecule has 2 heterocycles. The van der Waals surface area contributed by atoms with E-state index < -0.39 is 11.0 Å². The number of carbonyl (C=O) groups excluding carboxylic acids is 1. The van der Waals surface area contributed by atoms with Gasteiger partial charge in [0.05, 0.1) is 23.1 Å². The molecule has 1 atom stereocenters. The smallest absolute Gasteiger partial charge is 0.407 e. The Bertz CT molecular complexity index is 1340. The van der Waals surface area contributed by atoms with Crippen molar-refractivity contribution >= 4 is 40.1 Å². The molecule has 0 unspecified atom stereocenters. The molecule has 1 N–H and O–H groups in total. The Kier molecular flexibility index (Phi) is 5.49. The van der Waals surface area contributed by atoms with Crippen molar-refractivity contribution in [2.24, 2.45) is 0 Å². The Hall–Kier alpha value is -3.85. The fourth-order valence-electron chi connectivity index (χ4n) is 4.66. The van der Waals surface area contributed by atoms with E-state index in [9.17, 15) is 24.8 Å². The topological polar surface area (TPSA) is 113 Å². The summed E-state index contributed by atoms with van der Waals surface area (Å²) in [6.45, 7) is 1.08. The van der Waals surface area contributed by atoms with Gasteiger partial charge in [0.25, 0.3) is 11.6 Å². The molecular formula is C24H20ClN3O6. The maximum absolute atomic E-state index is 13.4. The van der Waals surface area contributed by atoms with E-state index in [-0.39, 0.29) is 30.7 Å². The predicted octanol–water partition coefficient (Wildman–Crippen LogP) is 4.66. The van der Waals surface area contributed by atoms with Gasteiger partial charge < -0.3 is 19.6 Å². The van der Waals surface area contributed by atoms with Crippen LogP contribution in [-0.4, -0.2) is 64.1 Å². The SMILES string of the molecule is O=C(O)N1CCN2C(=O)c3cc(Cl)c(-c4cccc5ccc([N+](=O)[O-])cc45)cc3OCC[C@H]2C1. The number of nitro benzene ring substituents is 1. The number of hydrogen-bond acceptors (Lipinski definition) is 5. The van der Waals surface area contributed by atoms with Crippen molar-refractivity contribution in [1.82, 2.24) is 9.80 Å². The first kappa shape index (κ1) is 22.0. The molecular weight excluding hydrogens is 462 g/mol. The summed E-state index contributed by atoms with van der Waals surface area (Å²) in [6, 6.07) is 13.2. The summed E-state index contributed by atoms with van der Waals surface area (Å²) < 4.78 is 5.95. The van der Waals surface area contributed by atoms with Gasteiger partial charge in [-0.15, -0.1) is 0 Å². The average molecular weight is 482 g/mol. The van der Waals surface area contributed by atoms with Crippen LogP contribution in [0, 0.1) is 10.1 Å². The highest BCUT2D eigenvalue weighted by Crippen LogP contribution is 2.40. The summed E-state index contributed by atoms with van der Waals surface area (Å²) in [4.78, 5) is 38.6. The highest BCUT2D eigenvalue weighted by atomic mass is 35.5. The summed E-state index contributed by atoms with van der Waals surface area (Å²) in [5, 5.41) is 22.4. The van der Waals surface area contributed by atoms with Crippen LogP contribution in [0.3, 0.4) is 0 Å². The van der Waals surface area contributed by atoms with Crippen LogP contribution < -0.4 is 4.74 Å². The van der Waals surface area contributed by atoms with Crippen molar-refractivity contribution in [2.75, 3.05) is 26.2 Å². The largest absolute Gasteiger partial charge is 0.493 e. The molecule has 2 aliphatic heterocycles. The van der Waals surface area contributed by atoms with Crippen LogP contribution in [0.25, 0.3) is 21.9 Å². The summed E-state index contributed by atoms with van der Waals surface area (Å²) in [6.07, 6.45) is -0.508. The van der Waals surface area contributed by atoms with E-state index in [1.807, 2.05) is 18.2 Å². The van der Waals surface area contributed by atoms with Crippen molar-refractivity contribution in [1.29, 1.82) is 0 Å². The van der Waals surface area contributed by atoms with Gasteiger partial charge in [-0.2, -0.15) is 0 Å². The number of carboxylic acid groups (broad SMARTS) is 1. The number of amides is 2. The number of non-ortho nitro benzene ring substituents is 1. The maximum atomic E-state index is 13.4. The highest BCUT2D eigenvalue weighted by Gasteiger charge is 2.35. The third kappa shape index (κ3) is 3.77. The molecule has 1 fully saturated rings. The molecule has 0 bridgehead atoms. The molecule has 2 amide bonds. The standard InChI is InChI=1S/C24H20ClN3O6/c25-21-11-20-22(34-9-6-16-13-26(24(30)31)7-8-27(16)23(20)29)12-19(21)17-3-1-2-14-4-5-15(28(32)33)10-18(14)17/h1-5,10-12,16H,6-9,13H2,(H,30,31)/t16-/m0/s1. The van der Waals surface area contributed by atoms with Crippen LogP contribution in [0.2, 0.25) is 5.02 Å². The zero-order chi connectivity index (χ0) is 24.0. The van der Waals surface area contributed by atoms with Gasteiger partial charge in [0, 0.05) is 48.8 Å². The molecule has 0 aromatic heterocycles. The molecule has 0 radical (unpaired) electrons. The molecule has 174 valence electrons. The normalized spacial score (nSPS) is 17.9. The Morgan fingerprint density at radius 1 is 1.12 bits per heavy atom. The summed E-state index contributed by atoms with van der Waals surface area (Å²) in [5.74, 6) is 0.123. The van der Waals surface area contributed by atoms with E-state index in [2.05, 4.69) is 0 Å². The van der Waals surface area contributed by atoms with E-state index in [4.69, 9.17) is 16.3 Å².